The molecule has 7 heteroatoms. The lowest BCUT2D eigenvalue weighted by molar-refractivity contribution is 0.0698. The molecule has 6 nitrogen and oxygen atoms in total. The van der Waals surface area contributed by atoms with E-state index in [0.29, 0.717) is 29.0 Å². The van der Waals surface area contributed by atoms with Crippen molar-refractivity contribution < 1.29 is 9.53 Å². The molecule has 1 amide bonds. The smallest absolute Gasteiger partial charge is 0.265 e. The highest BCUT2D eigenvalue weighted by Gasteiger charge is 2.21. The molecule has 0 radical (unpaired) electrons. The van der Waals surface area contributed by atoms with Gasteiger partial charge >= 0.3 is 0 Å². The summed E-state index contributed by atoms with van der Waals surface area (Å²) in [6.07, 6.45) is 1.70. The molecule has 1 aromatic heterocycles. The fraction of sp³-hybridized carbons (Fsp3) is 0.636. The zero-order valence-electron chi connectivity index (χ0n) is 10.4. The molecule has 1 aromatic rings. The van der Waals surface area contributed by atoms with Gasteiger partial charge in [-0.1, -0.05) is 11.3 Å². The fourth-order valence-corrected chi connectivity index (χ4v) is 2.67. The van der Waals surface area contributed by atoms with Crippen LogP contribution in [0.4, 0.5) is 10.9 Å². The van der Waals surface area contributed by atoms with Gasteiger partial charge in [0.05, 0.1) is 0 Å². The Labute approximate surface area is 110 Å². The van der Waals surface area contributed by atoms with Gasteiger partial charge in [0.15, 0.2) is 5.13 Å². The highest BCUT2D eigenvalue weighted by atomic mass is 32.1. The molecule has 2 rings (SSSR count). The molecule has 0 saturated carbocycles. The summed E-state index contributed by atoms with van der Waals surface area (Å²) in [5, 5.41) is 6.72. The van der Waals surface area contributed by atoms with Crippen molar-refractivity contribution in [3.8, 4) is 0 Å². The van der Waals surface area contributed by atoms with E-state index >= 15 is 0 Å². The van der Waals surface area contributed by atoms with Gasteiger partial charge < -0.3 is 21.1 Å². The van der Waals surface area contributed by atoms with Crippen molar-refractivity contribution in [1.29, 1.82) is 0 Å². The van der Waals surface area contributed by atoms with Crippen LogP contribution >= 0.6 is 11.3 Å². The summed E-state index contributed by atoms with van der Waals surface area (Å²) >= 11 is 1.29. The number of nitrogens with two attached hydrogens (primary N) is 1. The van der Waals surface area contributed by atoms with E-state index in [1.807, 2.05) is 6.92 Å². The summed E-state index contributed by atoms with van der Waals surface area (Å²) in [5.74, 6) is 0.154. The van der Waals surface area contributed by atoms with Gasteiger partial charge in [-0.3, -0.25) is 4.79 Å². The van der Waals surface area contributed by atoms with Crippen LogP contribution in [-0.2, 0) is 4.74 Å². The molecule has 4 N–H and O–H groups in total. The molecule has 1 aliphatic rings. The standard InChI is InChI=1S/C11H18N4O2S/c1-2-13-11-15-9(12)8(18-11)10(16)14-7-3-5-17-6-4-7/h7H,2-6,12H2,1H3,(H,13,15)(H,14,16). The molecule has 1 saturated heterocycles. The Morgan fingerprint density at radius 1 is 1.56 bits per heavy atom. The maximum atomic E-state index is 12.1. The van der Waals surface area contributed by atoms with Crippen molar-refractivity contribution in [3.63, 3.8) is 0 Å². The molecule has 0 aromatic carbocycles. The molecule has 0 atom stereocenters. The van der Waals surface area contributed by atoms with Crippen LogP contribution in [0.25, 0.3) is 0 Å². The Balaban J connectivity index is 1.99. The number of amides is 1. The number of thiazole rings is 1. The third-order valence-electron chi connectivity index (χ3n) is 2.74. The van der Waals surface area contributed by atoms with Gasteiger partial charge in [-0.2, -0.15) is 0 Å². The zero-order chi connectivity index (χ0) is 13.0. The minimum absolute atomic E-state index is 0.138. The van der Waals surface area contributed by atoms with Gasteiger partial charge in [-0.15, -0.1) is 0 Å². The summed E-state index contributed by atoms with van der Waals surface area (Å²) in [6.45, 7) is 4.13. The molecule has 0 unspecified atom stereocenters. The van der Waals surface area contributed by atoms with E-state index in [9.17, 15) is 4.79 Å². The largest absolute Gasteiger partial charge is 0.382 e. The van der Waals surface area contributed by atoms with Crippen molar-refractivity contribution in [1.82, 2.24) is 10.3 Å². The van der Waals surface area contributed by atoms with E-state index in [-0.39, 0.29) is 11.9 Å². The van der Waals surface area contributed by atoms with E-state index < -0.39 is 0 Å². The van der Waals surface area contributed by atoms with Gasteiger partial charge in [0, 0.05) is 25.8 Å². The molecular weight excluding hydrogens is 252 g/mol. The normalized spacial score (nSPS) is 16.5. The number of rotatable bonds is 4. The third kappa shape index (κ3) is 3.11. The van der Waals surface area contributed by atoms with E-state index in [4.69, 9.17) is 10.5 Å². The molecule has 0 spiro atoms. The molecule has 18 heavy (non-hydrogen) atoms. The van der Waals surface area contributed by atoms with Crippen LogP contribution in [0.1, 0.15) is 29.4 Å². The van der Waals surface area contributed by atoms with Gasteiger partial charge in [-0.25, -0.2) is 4.98 Å². The zero-order valence-corrected chi connectivity index (χ0v) is 11.2. The van der Waals surface area contributed by atoms with Gasteiger partial charge in [0.25, 0.3) is 5.91 Å². The molecule has 100 valence electrons. The highest BCUT2D eigenvalue weighted by molar-refractivity contribution is 7.18. The number of aromatic nitrogens is 1. The molecular formula is C11H18N4O2S. The summed E-state index contributed by atoms with van der Waals surface area (Å²) in [5.41, 5.74) is 5.75. The second kappa shape index (κ2) is 6.01. The second-order valence-corrected chi connectivity index (χ2v) is 5.12. The third-order valence-corrected chi connectivity index (χ3v) is 3.77. The lowest BCUT2D eigenvalue weighted by Gasteiger charge is -2.22. The average molecular weight is 270 g/mol. The minimum Gasteiger partial charge on any atom is -0.382 e. The van der Waals surface area contributed by atoms with Crippen molar-refractivity contribution in [2.75, 3.05) is 30.8 Å². The van der Waals surface area contributed by atoms with Crippen LogP contribution in [0.3, 0.4) is 0 Å². The molecule has 0 aliphatic carbocycles. The van der Waals surface area contributed by atoms with Crippen LogP contribution < -0.4 is 16.4 Å². The fourth-order valence-electron chi connectivity index (χ4n) is 1.81. The molecule has 1 fully saturated rings. The van der Waals surface area contributed by atoms with Crippen LogP contribution in [0.2, 0.25) is 0 Å². The quantitative estimate of drug-likeness (QED) is 0.761. The maximum absolute atomic E-state index is 12.1. The number of nitrogens with zero attached hydrogens (tertiary/aromatic N) is 1. The summed E-state index contributed by atoms with van der Waals surface area (Å²) in [6, 6.07) is 0.176. The number of hydrogen-bond acceptors (Lipinski definition) is 6. The van der Waals surface area contributed by atoms with Crippen molar-refractivity contribution in [3.05, 3.63) is 4.88 Å². The topological polar surface area (TPSA) is 89.3 Å². The first-order valence-electron chi connectivity index (χ1n) is 6.09. The first-order chi connectivity index (χ1) is 8.70. The molecule has 0 bridgehead atoms. The van der Waals surface area contributed by atoms with E-state index in [0.717, 1.165) is 19.4 Å². The highest BCUT2D eigenvalue weighted by Crippen LogP contribution is 2.25. The van der Waals surface area contributed by atoms with E-state index in [1.165, 1.54) is 11.3 Å². The Morgan fingerprint density at radius 2 is 2.28 bits per heavy atom. The Bertz CT molecular complexity index is 415. The number of ether oxygens (including phenoxy) is 1. The average Bonchev–Trinajstić information content (AvgIpc) is 2.72. The van der Waals surface area contributed by atoms with Crippen LogP contribution in [-0.4, -0.2) is 36.7 Å². The van der Waals surface area contributed by atoms with Crippen LogP contribution in [0.15, 0.2) is 0 Å². The predicted octanol–water partition coefficient (Wildman–Crippen LogP) is 1.07. The lowest BCUT2D eigenvalue weighted by atomic mass is 10.1. The number of carbonyl (C=O) groups is 1. The van der Waals surface area contributed by atoms with Gasteiger partial charge in [0.1, 0.15) is 10.7 Å². The van der Waals surface area contributed by atoms with Crippen molar-refractivity contribution >= 4 is 28.2 Å². The molecule has 2 heterocycles. The van der Waals surface area contributed by atoms with Gasteiger partial charge in [-0.05, 0) is 19.8 Å². The summed E-state index contributed by atoms with van der Waals surface area (Å²) in [7, 11) is 0. The SMILES string of the molecule is CCNc1nc(N)c(C(=O)NC2CCOCC2)s1. The number of anilines is 2. The number of nitrogens with one attached hydrogen (secondary N) is 2. The molecule has 1 aliphatic heterocycles. The van der Waals surface area contributed by atoms with Crippen molar-refractivity contribution in [2.45, 2.75) is 25.8 Å². The number of hydrogen-bond donors (Lipinski definition) is 3. The lowest BCUT2D eigenvalue weighted by Crippen LogP contribution is -2.38. The van der Waals surface area contributed by atoms with E-state index in [2.05, 4.69) is 15.6 Å². The first kappa shape index (κ1) is 13.1. The number of carbonyl (C=O) groups excluding carboxylic acids is 1. The first-order valence-corrected chi connectivity index (χ1v) is 6.91. The van der Waals surface area contributed by atoms with Crippen molar-refractivity contribution in [2.24, 2.45) is 0 Å². The van der Waals surface area contributed by atoms with E-state index in [1.54, 1.807) is 0 Å². The van der Waals surface area contributed by atoms with Gasteiger partial charge in [0.2, 0.25) is 0 Å². The van der Waals surface area contributed by atoms with Crippen LogP contribution in [0.5, 0.6) is 0 Å². The second-order valence-electron chi connectivity index (χ2n) is 4.12. The summed E-state index contributed by atoms with van der Waals surface area (Å²) < 4.78 is 5.25. The summed E-state index contributed by atoms with van der Waals surface area (Å²) in [4.78, 5) is 16.7. The monoisotopic (exact) mass is 270 g/mol. The predicted molar refractivity (Wildman–Crippen MR) is 72.0 cm³/mol. The maximum Gasteiger partial charge on any atom is 0.265 e. The van der Waals surface area contributed by atoms with Crippen LogP contribution in [0, 0.1) is 0 Å². The minimum atomic E-state index is -0.138. The number of nitrogen functional groups attached to an aromatic ring is 1. The Hall–Kier alpha value is -1.34. The Morgan fingerprint density at radius 3 is 2.94 bits per heavy atom. The Kier molecular flexibility index (Phi) is 4.38.